The summed E-state index contributed by atoms with van der Waals surface area (Å²) in [6.07, 6.45) is 2.54. The van der Waals surface area contributed by atoms with Crippen LogP contribution in [0.15, 0.2) is 47.6 Å². The number of aromatic nitrogens is 3. The van der Waals surface area contributed by atoms with Gasteiger partial charge in [-0.25, -0.2) is 0 Å². The van der Waals surface area contributed by atoms with Gasteiger partial charge in [0, 0.05) is 38.3 Å². The van der Waals surface area contributed by atoms with Crippen LogP contribution in [0.2, 0.25) is 0 Å². The van der Waals surface area contributed by atoms with Gasteiger partial charge in [0.25, 0.3) is 0 Å². The highest BCUT2D eigenvalue weighted by molar-refractivity contribution is 5.79. The largest absolute Gasteiger partial charge is 0.490 e. The number of benzene rings is 1. The Morgan fingerprint density at radius 1 is 1.17 bits per heavy atom. The third-order valence-electron chi connectivity index (χ3n) is 4.26. The summed E-state index contributed by atoms with van der Waals surface area (Å²) in [6, 6.07) is 10.7. The fourth-order valence-electron chi connectivity index (χ4n) is 2.95. The van der Waals surface area contributed by atoms with Crippen LogP contribution in [-0.4, -0.2) is 47.4 Å². The summed E-state index contributed by atoms with van der Waals surface area (Å²) in [6.45, 7) is -0.0234. The van der Waals surface area contributed by atoms with Crippen LogP contribution in [0, 0.1) is 0 Å². The molecule has 0 unspecified atom stereocenters. The molecule has 0 aliphatic heterocycles. The summed E-state index contributed by atoms with van der Waals surface area (Å²) in [5, 5.41) is 14.6. The van der Waals surface area contributed by atoms with Crippen LogP contribution in [-0.2, 0) is 13.0 Å². The maximum absolute atomic E-state index is 12.9. The minimum atomic E-state index is -2.94. The minimum absolute atomic E-state index is 0.0206. The Balaban J connectivity index is 1.59. The monoisotopic (exact) mass is 418 g/mol. The third kappa shape index (κ3) is 5.34. The number of aliphatic imine (C=N–C) groups is 1. The highest BCUT2D eigenvalue weighted by atomic mass is 19.3. The number of nitrogens with zero attached hydrogens (tertiary/aromatic N) is 4. The van der Waals surface area contributed by atoms with Crippen LogP contribution in [0.3, 0.4) is 0 Å². The molecule has 2 N–H and O–H groups in total. The van der Waals surface area contributed by atoms with Gasteiger partial charge in [0.15, 0.2) is 23.1 Å². The van der Waals surface area contributed by atoms with Gasteiger partial charge >= 0.3 is 6.61 Å². The van der Waals surface area contributed by atoms with Gasteiger partial charge in [-0.05, 0) is 25.1 Å². The Hall–Kier alpha value is -3.43. The third-order valence-corrected chi connectivity index (χ3v) is 4.26. The number of fused-ring (bicyclic) bond motifs is 1. The van der Waals surface area contributed by atoms with Crippen molar-refractivity contribution >= 4 is 11.6 Å². The summed E-state index contributed by atoms with van der Waals surface area (Å²) in [5.74, 6) is 1.64. The molecule has 0 saturated carbocycles. The number of ether oxygens (including phenoxy) is 2. The van der Waals surface area contributed by atoms with Gasteiger partial charge in [-0.2, -0.15) is 8.78 Å². The molecule has 0 aliphatic carbocycles. The predicted molar refractivity (Wildman–Crippen MR) is 109 cm³/mol. The average Bonchev–Trinajstić information content (AvgIpc) is 3.15. The first kappa shape index (κ1) is 21.3. The number of hydrogen-bond acceptors (Lipinski definition) is 5. The minimum Gasteiger partial charge on any atom is -0.490 e. The van der Waals surface area contributed by atoms with E-state index in [1.165, 1.54) is 0 Å². The van der Waals surface area contributed by atoms with Crippen molar-refractivity contribution in [3.8, 4) is 11.5 Å². The first-order chi connectivity index (χ1) is 14.6. The number of hydrogen-bond donors (Lipinski definition) is 2. The van der Waals surface area contributed by atoms with Gasteiger partial charge in [-0.1, -0.05) is 18.2 Å². The number of pyridine rings is 1. The molecule has 0 bridgehead atoms. The number of nitrogens with one attached hydrogen (secondary N) is 2. The SMILES string of the molecule is CCOc1cccc(CNC(=NC)NCCc2nnc3ccccn23)c1OC(F)F. The Kier molecular flexibility index (Phi) is 7.36. The Labute approximate surface area is 172 Å². The van der Waals surface area contributed by atoms with Gasteiger partial charge in [0.05, 0.1) is 6.61 Å². The summed E-state index contributed by atoms with van der Waals surface area (Å²) in [7, 11) is 1.63. The molecule has 30 heavy (non-hydrogen) atoms. The number of para-hydroxylation sites is 1. The Bertz CT molecular complexity index is 992. The van der Waals surface area contributed by atoms with Crippen molar-refractivity contribution in [2.45, 2.75) is 26.5 Å². The van der Waals surface area contributed by atoms with Gasteiger partial charge in [0.2, 0.25) is 0 Å². The lowest BCUT2D eigenvalue weighted by atomic mass is 10.2. The van der Waals surface area contributed by atoms with E-state index in [2.05, 4.69) is 30.6 Å². The lowest BCUT2D eigenvalue weighted by Gasteiger charge is -2.17. The van der Waals surface area contributed by atoms with E-state index < -0.39 is 6.61 Å². The number of halogens is 2. The second-order valence-corrected chi connectivity index (χ2v) is 6.20. The smallest absolute Gasteiger partial charge is 0.387 e. The first-order valence-electron chi connectivity index (χ1n) is 9.55. The van der Waals surface area contributed by atoms with E-state index in [4.69, 9.17) is 4.74 Å². The maximum atomic E-state index is 12.9. The summed E-state index contributed by atoms with van der Waals surface area (Å²) in [4.78, 5) is 4.17. The second kappa shape index (κ2) is 10.4. The molecular formula is C20H24F2N6O2. The Morgan fingerprint density at radius 2 is 2.03 bits per heavy atom. The Morgan fingerprint density at radius 3 is 2.80 bits per heavy atom. The molecule has 0 spiro atoms. The average molecular weight is 418 g/mol. The molecule has 0 atom stereocenters. The lowest BCUT2D eigenvalue weighted by Crippen LogP contribution is -2.38. The molecule has 0 amide bonds. The van der Waals surface area contributed by atoms with Crippen molar-refractivity contribution in [2.75, 3.05) is 20.2 Å². The molecule has 0 saturated heterocycles. The number of rotatable bonds is 9. The normalized spacial score (nSPS) is 11.7. The van der Waals surface area contributed by atoms with E-state index in [1.54, 1.807) is 32.2 Å². The van der Waals surface area contributed by atoms with E-state index in [9.17, 15) is 8.78 Å². The zero-order valence-corrected chi connectivity index (χ0v) is 16.8. The molecule has 160 valence electrons. The molecule has 2 aromatic heterocycles. The molecule has 0 fully saturated rings. The zero-order valence-electron chi connectivity index (χ0n) is 16.8. The molecule has 3 aromatic rings. The second-order valence-electron chi connectivity index (χ2n) is 6.20. The van der Waals surface area contributed by atoms with Crippen LogP contribution in [0.1, 0.15) is 18.3 Å². The van der Waals surface area contributed by atoms with Crippen LogP contribution >= 0.6 is 0 Å². The lowest BCUT2D eigenvalue weighted by molar-refractivity contribution is -0.0520. The van der Waals surface area contributed by atoms with E-state index >= 15 is 0 Å². The molecule has 1 aromatic carbocycles. The van der Waals surface area contributed by atoms with E-state index in [-0.39, 0.29) is 18.0 Å². The van der Waals surface area contributed by atoms with Gasteiger partial charge in [-0.15, -0.1) is 10.2 Å². The van der Waals surface area contributed by atoms with Gasteiger partial charge in [-0.3, -0.25) is 9.39 Å². The summed E-state index contributed by atoms with van der Waals surface area (Å²) in [5.41, 5.74) is 1.32. The van der Waals surface area contributed by atoms with Crippen molar-refractivity contribution in [3.63, 3.8) is 0 Å². The van der Waals surface area contributed by atoms with Crippen molar-refractivity contribution in [3.05, 3.63) is 54.0 Å². The van der Waals surface area contributed by atoms with Crippen LogP contribution in [0.5, 0.6) is 11.5 Å². The maximum Gasteiger partial charge on any atom is 0.387 e. The van der Waals surface area contributed by atoms with Gasteiger partial charge in [0.1, 0.15) is 5.82 Å². The number of guanidine groups is 1. The topological polar surface area (TPSA) is 85.1 Å². The quantitative estimate of drug-likeness (QED) is 0.411. The molecule has 0 radical (unpaired) electrons. The van der Waals surface area contributed by atoms with Crippen molar-refractivity contribution in [2.24, 2.45) is 4.99 Å². The number of alkyl halides is 2. The molecular weight excluding hydrogens is 394 g/mol. The molecule has 3 rings (SSSR count). The zero-order chi connectivity index (χ0) is 21.3. The highest BCUT2D eigenvalue weighted by Gasteiger charge is 2.16. The van der Waals surface area contributed by atoms with Crippen molar-refractivity contribution < 1.29 is 18.3 Å². The van der Waals surface area contributed by atoms with E-state index in [0.29, 0.717) is 31.1 Å². The fraction of sp³-hybridized carbons (Fsp3) is 0.350. The van der Waals surface area contributed by atoms with Crippen LogP contribution in [0.25, 0.3) is 5.65 Å². The van der Waals surface area contributed by atoms with Crippen LogP contribution < -0.4 is 20.1 Å². The van der Waals surface area contributed by atoms with E-state index in [1.807, 2.05) is 28.8 Å². The van der Waals surface area contributed by atoms with E-state index in [0.717, 1.165) is 11.5 Å². The summed E-state index contributed by atoms with van der Waals surface area (Å²) < 4.78 is 37.7. The summed E-state index contributed by atoms with van der Waals surface area (Å²) >= 11 is 0. The molecule has 8 nitrogen and oxygen atoms in total. The fourth-order valence-corrected chi connectivity index (χ4v) is 2.95. The highest BCUT2D eigenvalue weighted by Crippen LogP contribution is 2.32. The molecule has 10 heteroatoms. The van der Waals surface area contributed by atoms with Gasteiger partial charge < -0.3 is 20.1 Å². The predicted octanol–water partition coefficient (Wildman–Crippen LogP) is 2.64. The van der Waals surface area contributed by atoms with Crippen LogP contribution in [0.4, 0.5) is 8.78 Å². The van der Waals surface area contributed by atoms with Crippen molar-refractivity contribution in [1.29, 1.82) is 0 Å². The molecule has 0 aliphatic rings. The standard InChI is InChI=1S/C20H24F2N6O2/c1-3-29-15-8-6-7-14(18(15)30-19(21)22)13-25-20(23-2)24-11-10-17-27-26-16-9-4-5-12-28(16)17/h4-9,12,19H,3,10-11,13H2,1-2H3,(H2,23,24,25). The molecule has 2 heterocycles. The van der Waals surface area contributed by atoms with Crippen molar-refractivity contribution in [1.82, 2.24) is 25.2 Å². The first-order valence-corrected chi connectivity index (χ1v) is 9.55.